The number of carbonyl (C=O) groups is 2. The second kappa shape index (κ2) is 12.0. The first-order valence-electron chi connectivity index (χ1n) is 13.7. The molecule has 2 aromatic carbocycles. The molecule has 6 nitrogen and oxygen atoms in total. The van der Waals surface area contributed by atoms with Gasteiger partial charge in [-0.25, -0.2) is 4.79 Å². The first kappa shape index (κ1) is 29.9. The fourth-order valence-electron chi connectivity index (χ4n) is 5.52. The molecule has 7 heteroatoms. The molecule has 2 amide bonds. The lowest BCUT2D eigenvalue weighted by molar-refractivity contribution is -0.129. The number of benzene rings is 2. The van der Waals surface area contributed by atoms with Gasteiger partial charge in [0.15, 0.2) is 0 Å². The minimum Gasteiger partial charge on any atom is -0.444 e. The first-order chi connectivity index (χ1) is 17.8. The van der Waals surface area contributed by atoms with E-state index in [-0.39, 0.29) is 29.1 Å². The van der Waals surface area contributed by atoms with Gasteiger partial charge in [0.05, 0.1) is 12.6 Å². The Kier molecular flexibility index (Phi) is 9.47. The van der Waals surface area contributed by atoms with Crippen LogP contribution in [0.2, 0.25) is 5.04 Å². The highest BCUT2D eigenvalue weighted by atomic mass is 28.4. The highest BCUT2D eigenvalue weighted by Crippen LogP contribution is 2.38. The summed E-state index contributed by atoms with van der Waals surface area (Å²) in [5, 5.41) is 2.28. The molecule has 0 bridgehead atoms. The van der Waals surface area contributed by atoms with E-state index >= 15 is 0 Å². The smallest absolute Gasteiger partial charge is 0.410 e. The van der Waals surface area contributed by atoms with Crippen LogP contribution in [0, 0.1) is 0 Å². The number of hydrogen-bond acceptors (Lipinski definition) is 4. The lowest BCUT2D eigenvalue weighted by Gasteiger charge is -2.44. The van der Waals surface area contributed by atoms with Crippen LogP contribution in [-0.2, 0) is 14.0 Å². The molecule has 0 spiro atoms. The number of likely N-dealkylation sites (tertiary alicyclic amines) is 1. The van der Waals surface area contributed by atoms with Gasteiger partial charge in [-0.15, -0.1) is 0 Å². The molecule has 1 heterocycles. The van der Waals surface area contributed by atoms with Crippen LogP contribution in [0.25, 0.3) is 0 Å². The van der Waals surface area contributed by atoms with Crippen LogP contribution in [0.4, 0.5) is 4.79 Å². The Morgan fingerprint density at radius 3 is 1.82 bits per heavy atom. The largest absolute Gasteiger partial charge is 0.444 e. The van der Waals surface area contributed by atoms with Crippen molar-refractivity contribution in [2.75, 3.05) is 20.7 Å². The zero-order chi connectivity index (χ0) is 28.1. The Morgan fingerprint density at radius 2 is 1.37 bits per heavy atom. The van der Waals surface area contributed by atoms with Crippen LogP contribution >= 0.6 is 0 Å². The molecule has 0 saturated carbocycles. The third kappa shape index (κ3) is 6.86. The standard InChI is InChI=1S/C31H46N2O4Si/c1-30(2,3)37-29(35)33-24(21-22-28(34)32(7)8)19-20-25(33)23-36-38(31(4,5)6,26-15-11-9-12-16-26)27-17-13-10-14-18-27/h9-18,24-25H,19-23H2,1-8H3/t24-,25-/m0/s1. The lowest BCUT2D eigenvalue weighted by atomic mass is 10.1. The molecule has 38 heavy (non-hydrogen) atoms. The number of hydrogen-bond donors (Lipinski definition) is 0. The fourth-order valence-corrected chi connectivity index (χ4v) is 10.1. The highest BCUT2D eigenvalue weighted by Gasteiger charge is 2.51. The number of rotatable bonds is 8. The van der Waals surface area contributed by atoms with Gasteiger partial charge < -0.3 is 14.1 Å². The van der Waals surface area contributed by atoms with Crippen molar-refractivity contribution in [3.8, 4) is 0 Å². The SMILES string of the molecule is CN(C)C(=O)CC[C@@H]1CC[C@@H](CO[Si](c2ccccc2)(c2ccccc2)C(C)(C)C)N1C(=O)OC(C)(C)C. The fraction of sp³-hybridized carbons (Fsp3) is 0.548. The third-order valence-electron chi connectivity index (χ3n) is 7.32. The molecule has 0 N–H and O–H groups in total. The van der Waals surface area contributed by atoms with Crippen LogP contribution in [0.1, 0.15) is 67.2 Å². The summed E-state index contributed by atoms with van der Waals surface area (Å²) in [6.07, 6.45) is 2.34. The number of amides is 2. The van der Waals surface area contributed by atoms with E-state index in [2.05, 4.69) is 69.3 Å². The Morgan fingerprint density at radius 1 is 0.868 bits per heavy atom. The zero-order valence-corrected chi connectivity index (χ0v) is 25.5. The summed E-state index contributed by atoms with van der Waals surface area (Å²) < 4.78 is 13.0. The van der Waals surface area contributed by atoms with Gasteiger partial charge in [-0.3, -0.25) is 9.69 Å². The molecule has 208 valence electrons. The van der Waals surface area contributed by atoms with Gasteiger partial charge in [-0.05, 0) is 55.4 Å². The minimum absolute atomic E-state index is 0.0542. The van der Waals surface area contributed by atoms with Gasteiger partial charge in [-0.2, -0.15) is 0 Å². The maximum Gasteiger partial charge on any atom is 0.410 e. The van der Waals surface area contributed by atoms with E-state index in [1.807, 2.05) is 37.8 Å². The topological polar surface area (TPSA) is 59.1 Å². The predicted molar refractivity (Wildman–Crippen MR) is 156 cm³/mol. The van der Waals surface area contributed by atoms with Crippen molar-refractivity contribution < 1.29 is 18.8 Å². The molecule has 1 aliphatic heterocycles. The Hall–Kier alpha value is -2.64. The summed E-state index contributed by atoms with van der Waals surface area (Å²) in [5.41, 5.74) is -0.604. The molecule has 0 aliphatic carbocycles. The van der Waals surface area contributed by atoms with E-state index in [0.29, 0.717) is 19.4 Å². The van der Waals surface area contributed by atoms with Crippen LogP contribution in [0.5, 0.6) is 0 Å². The van der Waals surface area contributed by atoms with Crippen molar-refractivity contribution in [2.24, 2.45) is 0 Å². The average Bonchev–Trinajstić information content (AvgIpc) is 3.25. The summed E-state index contributed by atoms with van der Waals surface area (Å²) in [4.78, 5) is 29.3. The van der Waals surface area contributed by atoms with Gasteiger partial charge >= 0.3 is 6.09 Å². The first-order valence-corrected chi connectivity index (χ1v) is 15.6. The zero-order valence-electron chi connectivity index (χ0n) is 24.5. The average molecular weight is 539 g/mol. The number of nitrogens with zero attached hydrogens (tertiary/aromatic N) is 2. The minimum atomic E-state index is -2.74. The second-order valence-corrected chi connectivity index (χ2v) is 16.9. The van der Waals surface area contributed by atoms with Gasteiger partial charge in [-0.1, -0.05) is 81.4 Å². The summed E-state index contributed by atoms with van der Waals surface area (Å²) in [7, 11) is 0.793. The van der Waals surface area contributed by atoms with Crippen LogP contribution in [0.15, 0.2) is 60.7 Å². The van der Waals surface area contributed by atoms with Crippen molar-refractivity contribution in [3.05, 3.63) is 60.7 Å². The maximum absolute atomic E-state index is 13.5. The van der Waals surface area contributed by atoms with E-state index in [1.54, 1.807) is 19.0 Å². The number of ether oxygens (including phenoxy) is 1. The van der Waals surface area contributed by atoms with E-state index in [9.17, 15) is 9.59 Å². The predicted octanol–water partition coefficient (Wildman–Crippen LogP) is 5.20. The van der Waals surface area contributed by atoms with Gasteiger partial charge in [0.25, 0.3) is 8.32 Å². The summed E-state index contributed by atoms with van der Waals surface area (Å²) in [6.45, 7) is 12.9. The van der Waals surface area contributed by atoms with Crippen LogP contribution < -0.4 is 10.4 Å². The second-order valence-electron chi connectivity index (χ2n) is 12.6. The molecule has 1 saturated heterocycles. The van der Waals surface area contributed by atoms with Crippen molar-refractivity contribution in [1.29, 1.82) is 0 Å². The van der Waals surface area contributed by atoms with E-state index < -0.39 is 13.9 Å². The Balaban J connectivity index is 1.95. The van der Waals surface area contributed by atoms with Gasteiger partial charge in [0, 0.05) is 26.6 Å². The molecular formula is C31H46N2O4Si. The molecule has 0 aromatic heterocycles. The summed E-state index contributed by atoms with van der Waals surface area (Å²) in [6, 6.07) is 20.9. The maximum atomic E-state index is 13.5. The lowest BCUT2D eigenvalue weighted by Crippen LogP contribution is -2.67. The van der Waals surface area contributed by atoms with Crippen molar-refractivity contribution in [2.45, 2.75) is 89.9 Å². The van der Waals surface area contributed by atoms with Crippen LogP contribution in [-0.4, -0.2) is 68.5 Å². The van der Waals surface area contributed by atoms with Crippen molar-refractivity contribution >= 4 is 30.7 Å². The molecule has 1 aliphatic rings. The molecular weight excluding hydrogens is 492 g/mol. The van der Waals surface area contributed by atoms with E-state index in [0.717, 1.165) is 12.8 Å². The number of carbonyl (C=O) groups excluding carboxylic acids is 2. The molecule has 0 unspecified atom stereocenters. The molecule has 2 atom stereocenters. The highest BCUT2D eigenvalue weighted by molar-refractivity contribution is 6.99. The molecule has 2 aromatic rings. The van der Waals surface area contributed by atoms with E-state index in [1.165, 1.54) is 10.4 Å². The van der Waals surface area contributed by atoms with Gasteiger partial charge in [0.1, 0.15) is 5.60 Å². The third-order valence-corrected chi connectivity index (χ3v) is 12.3. The van der Waals surface area contributed by atoms with E-state index in [4.69, 9.17) is 9.16 Å². The van der Waals surface area contributed by atoms with Crippen molar-refractivity contribution in [3.63, 3.8) is 0 Å². The summed E-state index contributed by atoms with van der Waals surface area (Å²) in [5.74, 6) is 0.0705. The molecule has 1 fully saturated rings. The van der Waals surface area contributed by atoms with Gasteiger partial charge in [0.2, 0.25) is 5.91 Å². The Bertz CT molecular complexity index is 1020. The van der Waals surface area contributed by atoms with Crippen molar-refractivity contribution in [1.82, 2.24) is 9.80 Å². The normalized spacial score (nSPS) is 18.4. The monoisotopic (exact) mass is 538 g/mol. The quantitative estimate of drug-likeness (QED) is 0.434. The Labute approximate surface area is 230 Å². The van der Waals surface area contributed by atoms with Crippen LogP contribution in [0.3, 0.4) is 0 Å². The molecule has 3 rings (SSSR count). The summed E-state index contributed by atoms with van der Waals surface area (Å²) >= 11 is 0. The molecule has 0 radical (unpaired) electrons.